The van der Waals surface area contributed by atoms with Gasteiger partial charge in [-0.25, -0.2) is 0 Å². The van der Waals surface area contributed by atoms with Crippen molar-refractivity contribution < 1.29 is 23.0 Å². The second-order valence-electron chi connectivity index (χ2n) is 7.41. The van der Waals surface area contributed by atoms with E-state index >= 15 is 0 Å². The van der Waals surface area contributed by atoms with Crippen LogP contribution >= 0.6 is 0 Å². The van der Waals surface area contributed by atoms with E-state index in [-0.39, 0.29) is 17.7 Å². The Kier molecular flexibility index (Phi) is 8.20. The van der Waals surface area contributed by atoms with Crippen LogP contribution in [0.1, 0.15) is 49.8 Å². The van der Waals surface area contributed by atoms with Gasteiger partial charge in [-0.05, 0) is 49.2 Å². The highest BCUT2D eigenvalue weighted by Crippen LogP contribution is 2.37. The Morgan fingerprint density at radius 1 is 1.16 bits per heavy atom. The van der Waals surface area contributed by atoms with E-state index in [9.17, 15) is 18.3 Å². The lowest BCUT2D eigenvalue weighted by Crippen LogP contribution is -2.33. The van der Waals surface area contributed by atoms with Crippen LogP contribution in [0.25, 0.3) is 5.70 Å². The number of likely N-dealkylation sites (N-methyl/N-ethyl adjacent to an activating group) is 1. The lowest BCUT2D eigenvalue weighted by molar-refractivity contribution is -0.137. The number of allylic oxidation sites excluding steroid dienone is 1. The molecule has 0 aliphatic rings. The van der Waals surface area contributed by atoms with Crippen molar-refractivity contribution in [1.29, 1.82) is 0 Å². The van der Waals surface area contributed by atoms with Gasteiger partial charge in [-0.3, -0.25) is 0 Å². The minimum absolute atomic E-state index is 0.00788. The third-order valence-corrected chi connectivity index (χ3v) is 5.29. The maximum Gasteiger partial charge on any atom is 0.416 e. The number of alkyl halides is 3. The quantitative estimate of drug-likeness (QED) is 0.439. The Balaban J connectivity index is 2.46. The van der Waals surface area contributed by atoms with Crippen molar-refractivity contribution in [3.05, 3.63) is 77.9 Å². The third kappa shape index (κ3) is 6.06. The fourth-order valence-electron chi connectivity index (χ4n) is 3.46. The molecular formula is C25H30F3NO2. The summed E-state index contributed by atoms with van der Waals surface area (Å²) in [6.07, 6.45) is 0.434. The third-order valence-electron chi connectivity index (χ3n) is 5.29. The second kappa shape index (κ2) is 10.4. The first-order valence-corrected chi connectivity index (χ1v) is 10.3. The fourth-order valence-corrected chi connectivity index (χ4v) is 3.46. The number of halogens is 3. The molecule has 0 aliphatic carbocycles. The van der Waals surface area contributed by atoms with Crippen LogP contribution in [0.15, 0.2) is 61.2 Å². The molecule has 3 nitrogen and oxygen atoms in total. The van der Waals surface area contributed by atoms with Gasteiger partial charge in [0.1, 0.15) is 11.5 Å². The molecule has 31 heavy (non-hydrogen) atoms. The molecule has 2 aromatic carbocycles. The first-order chi connectivity index (χ1) is 14.6. The molecular weight excluding hydrogens is 403 g/mol. The molecule has 168 valence electrons. The summed E-state index contributed by atoms with van der Waals surface area (Å²) in [4.78, 5) is 1.88. The average Bonchev–Trinajstić information content (AvgIpc) is 2.73. The lowest BCUT2D eigenvalue weighted by atomic mass is 9.91. The van der Waals surface area contributed by atoms with Crippen molar-refractivity contribution >= 4 is 5.70 Å². The summed E-state index contributed by atoms with van der Waals surface area (Å²) in [5.41, 5.74) is 1.00. The Morgan fingerprint density at radius 3 is 2.35 bits per heavy atom. The lowest BCUT2D eigenvalue weighted by Gasteiger charge is -2.35. The van der Waals surface area contributed by atoms with Gasteiger partial charge in [0.25, 0.3) is 0 Å². The molecule has 1 N–H and O–H groups in total. The first-order valence-electron chi connectivity index (χ1n) is 10.3. The van der Waals surface area contributed by atoms with E-state index in [1.807, 2.05) is 50.1 Å². The number of ether oxygens (including phenoxy) is 1. The van der Waals surface area contributed by atoms with Crippen LogP contribution in [-0.2, 0) is 6.18 Å². The molecule has 0 aliphatic heterocycles. The van der Waals surface area contributed by atoms with Crippen LogP contribution in [0.5, 0.6) is 11.5 Å². The Labute approximate surface area is 182 Å². The smallest absolute Gasteiger partial charge is 0.416 e. The molecule has 0 bridgehead atoms. The molecule has 0 saturated carbocycles. The van der Waals surface area contributed by atoms with Gasteiger partial charge in [-0.15, -0.1) is 0 Å². The largest absolute Gasteiger partial charge is 0.508 e. The molecule has 0 spiro atoms. The van der Waals surface area contributed by atoms with E-state index in [1.54, 1.807) is 19.1 Å². The van der Waals surface area contributed by atoms with E-state index in [0.29, 0.717) is 23.6 Å². The van der Waals surface area contributed by atoms with Crippen molar-refractivity contribution in [2.75, 3.05) is 13.7 Å². The van der Waals surface area contributed by atoms with Gasteiger partial charge in [-0.2, -0.15) is 13.2 Å². The van der Waals surface area contributed by atoms with Gasteiger partial charge >= 0.3 is 6.18 Å². The number of phenols is 1. The highest BCUT2D eigenvalue weighted by molar-refractivity contribution is 5.69. The number of nitrogens with zero attached hydrogens (tertiary/aromatic N) is 1. The monoisotopic (exact) mass is 433 g/mol. The maximum atomic E-state index is 13.3. The molecule has 0 aromatic heterocycles. The number of hydrogen-bond acceptors (Lipinski definition) is 3. The molecule has 0 fully saturated rings. The molecule has 2 unspecified atom stereocenters. The number of aromatic hydroxyl groups is 1. The zero-order chi connectivity index (χ0) is 23.2. The molecule has 0 heterocycles. The summed E-state index contributed by atoms with van der Waals surface area (Å²) in [6.45, 7) is 10.3. The summed E-state index contributed by atoms with van der Waals surface area (Å²) >= 11 is 0. The van der Waals surface area contributed by atoms with Gasteiger partial charge in [0.05, 0.1) is 18.2 Å². The summed E-state index contributed by atoms with van der Waals surface area (Å²) in [5, 5.41) is 9.59. The van der Waals surface area contributed by atoms with E-state index in [0.717, 1.165) is 24.1 Å². The summed E-state index contributed by atoms with van der Waals surface area (Å²) < 4.78 is 45.6. The van der Waals surface area contributed by atoms with Crippen molar-refractivity contribution in [2.24, 2.45) is 0 Å². The molecule has 0 radical (unpaired) electrons. The second-order valence-corrected chi connectivity index (χ2v) is 7.41. The Bertz CT molecular complexity index is 904. The SMILES string of the molecule is C=C(c1cc(C(F)(F)F)ccc1OCC)N(C)C(/C=C/CC)C(C)c1ccc(O)cc1. The molecule has 0 amide bonds. The summed E-state index contributed by atoms with van der Waals surface area (Å²) in [5.74, 6) is 0.536. The predicted molar refractivity (Wildman–Crippen MR) is 119 cm³/mol. The van der Waals surface area contributed by atoms with E-state index < -0.39 is 11.7 Å². The summed E-state index contributed by atoms with van der Waals surface area (Å²) in [7, 11) is 1.82. The van der Waals surface area contributed by atoms with Crippen LogP contribution < -0.4 is 4.74 Å². The molecule has 2 atom stereocenters. The van der Waals surface area contributed by atoms with Gasteiger partial charge < -0.3 is 14.7 Å². The van der Waals surface area contributed by atoms with Crippen molar-refractivity contribution in [3.63, 3.8) is 0 Å². The minimum atomic E-state index is -4.46. The highest BCUT2D eigenvalue weighted by atomic mass is 19.4. The molecule has 2 aromatic rings. The average molecular weight is 434 g/mol. The zero-order valence-electron chi connectivity index (χ0n) is 18.4. The van der Waals surface area contributed by atoms with E-state index in [1.165, 1.54) is 6.07 Å². The van der Waals surface area contributed by atoms with E-state index in [4.69, 9.17) is 4.74 Å². The maximum absolute atomic E-state index is 13.3. The fraction of sp³-hybridized carbons (Fsp3) is 0.360. The molecule has 2 rings (SSSR count). The predicted octanol–water partition coefficient (Wildman–Crippen LogP) is 6.85. The van der Waals surface area contributed by atoms with Crippen molar-refractivity contribution in [2.45, 2.75) is 45.3 Å². The minimum Gasteiger partial charge on any atom is -0.508 e. The zero-order valence-corrected chi connectivity index (χ0v) is 18.4. The van der Waals surface area contributed by atoms with Gasteiger partial charge in [0.2, 0.25) is 0 Å². The standard InChI is InChI=1S/C25H30F3NO2/c1-6-8-9-23(17(3)19-10-13-21(30)14-11-19)29(5)18(4)22-16-20(25(26,27)28)12-15-24(22)31-7-2/h8-17,23,30H,4,6-7H2,1-3,5H3/b9-8+. The van der Waals surface area contributed by atoms with Crippen LogP contribution in [0.2, 0.25) is 0 Å². The summed E-state index contributed by atoms with van der Waals surface area (Å²) in [6, 6.07) is 10.2. The van der Waals surface area contributed by atoms with Gasteiger partial charge in [0.15, 0.2) is 0 Å². The van der Waals surface area contributed by atoms with Gasteiger partial charge in [0, 0.05) is 24.2 Å². The van der Waals surface area contributed by atoms with Crippen LogP contribution in [-0.4, -0.2) is 29.7 Å². The number of rotatable bonds is 9. The van der Waals surface area contributed by atoms with Crippen LogP contribution in [0.4, 0.5) is 13.2 Å². The molecule has 0 saturated heterocycles. The number of benzene rings is 2. The number of phenolic OH excluding ortho intramolecular Hbond substituents is 1. The van der Waals surface area contributed by atoms with Crippen molar-refractivity contribution in [1.82, 2.24) is 4.90 Å². The van der Waals surface area contributed by atoms with E-state index in [2.05, 4.69) is 6.58 Å². The van der Waals surface area contributed by atoms with Crippen molar-refractivity contribution in [3.8, 4) is 11.5 Å². The Hall–Kier alpha value is -2.89. The molecule has 6 heteroatoms. The van der Waals surface area contributed by atoms with Crippen LogP contribution in [0.3, 0.4) is 0 Å². The Morgan fingerprint density at radius 2 is 1.81 bits per heavy atom. The topological polar surface area (TPSA) is 32.7 Å². The number of hydrogen-bond donors (Lipinski definition) is 1. The van der Waals surface area contributed by atoms with Gasteiger partial charge in [-0.1, -0.05) is 44.7 Å². The first kappa shape index (κ1) is 24.4. The van der Waals surface area contributed by atoms with Crippen LogP contribution in [0, 0.1) is 0 Å². The highest BCUT2D eigenvalue weighted by Gasteiger charge is 2.32. The normalized spacial score (nSPS) is 13.8.